The molecule has 512 valence electrons. The van der Waals surface area contributed by atoms with E-state index in [-0.39, 0.29) is 18.5 Å². The van der Waals surface area contributed by atoms with Crippen LogP contribution in [0.2, 0.25) is 0 Å². The molecule has 1 amide bonds. The van der Waals surface area contributed by atoms with Crippen molar-refractivity contribution in [1.82, 2.24) is 5.32 Å². The molecule has 6 nitrogen and oxygen atoms in total. The van der Waals surface area contributed by atoms with E-state index < -0.39 is 12.1 Å². The van der Waals surface area contributed by atoms with E-state index in [1.807, 2.05) is 6.08 Å². The highest BCUT2D eigenvalue weighted by molar-refractivity contribution is 5.76. The van der Waals surface area contributed by atoms with Crippen molar-refractivity contribution in [3.8, 4) is 0 Å². The van der Waals surface area contributed by atoms with Gasteiger partial charge in [0, 0.05) is 12.8 Å². The van der Waals surface area contributed by atoms with E-state index in [1.54, 1.807) is 6.08 Å². The fraction of sp³-hybridized carbons (Fsp3) is 0.950. The highest BCUT2D eigenvalue weighted by Crippen LogP contribution is 2.20. The number of aliphatic hydroxyl groups excluding tert-OH is 2. The molecule has 0 saturated heterocycles. The second-order valence-electron chi connectivity index (χ2n) is 27.8. The minimum absolute atomic E-state index is 0.0245. The van der Waals surface area contributed by atoms with Gasteiger partial charge < -0.3 is 20.3 Å². The third-order valence-electron chi connectivity index (χ3n) is 19.1. The van der Waals surface area contributed by atoms with Gasteiger partial charge in [0.2, 0.25) is 5.91 Å². The number of esters is 1. The normalized spacial score (nSPS) is 12.5. The van der Waals surface area contributed by atoms with Crippen LogP contribution in [-0.2, 0) is 14.3 Å². The molecule has 3 N–H and O–H groups in total. The number of hydrogen-bond acceptors (Lipinski definition) is 5. The summed E-state index contributed by atoms with van der Waals surface area (Å²) < 4.78 is 5.52. The lowest BCUT2D eigenvalue weighted by Gasteiger charge is -2.20. The molecule has 0 saturated carbocycles. The van der Waals surface area contributed by atoms with Crippen molar-refractivity contribution in [3.05, 3.63) is 12.2 Å². The number of amides is 1. The van der Waals surface area contributed by atoms with Crippen LogP contribution in [0, 0.1) is 0 Å². The average Bonchev–Trinajstić information content (AvgIpc) is 3.59. The van der Waals surface area contributed by atoms with Crippen molar-refractivity contribution in [3.63, 3.8) is 0 Å². The Hall–Kier alpha value is -1.40. The number of allylic oxidation sites excluding steroid dienone is 1. The lowest BCUT2D eigenvalue weighted by molar-refractivity contribution is -0.143. The van der Waals surface area contributed by atoms with Crippen molar-refractivity contribution < 1.29 is 24.5 Å². The first-order chi connectivity index (χ1) is 42.5. The molecule has 2 atom stereocenters. The number of hydrogen-bond donors (Lipinski definition) is 3. The Kier molecular flexibility index (Phi) is 74.8. The van der Waals surface area contributed by atoms with Crippen LogP contribution in [0.1, 0.15) is 463 Å². The van der Waals surface area contributed by atoms with Gasteiger partial charge in [-0.1, -0.05) is 431 Å². The summed E-state index contributed by atoms with van der Waals surface area (Å²) >= 11 is 0. The maximum absolute atomic E-state index is 12.6. The Morgan fingerprint density at radius 3 is 0.791 bits per heavy atom. The Morgan fingerprint density at radius 1 is 0.314 bits per heavy atom. The van der Waals surface area contributed by atoms with Gasteiger partial charge in [-0.3, -0.25) is 9.59 Å². The van der Waals surface area contributed by atoms with E-state index in [9.17, 15) is 19.8 Å². The average molecular weight is 1210 g/mol. The second kappa shape index (κ2) is 76.1. The summed E-state index contributed by atoms with van der Waals surface area (Å²) in [6.45, 7) is 4.97. The number of aliphatic hydroxyl groups is 2. The molecule has 0 bridgehead atoms. The Labute approximate surface area is 539 Å². The number of ether oxygens (including phenoxy) is 1. The predicted octanol–water partition coefficient (Wildman–Crippen LogP) is 26.3. The largest absolute Gasteiger partial charge is 0.466 e. The fourth-order valence-corrected chi connectivity index (χ4v) is 13.0. The van der Waals surface area contributed by atoms with Gasteiger partial charge in [-0.05, 0) is 32.1 Å². The number of nitrogens with one attached hydrogen (secondary N) is 1. The van der Waals surface area contributed by atoms with Crippen LogP contribution in [0.15, 0.2) is 12.2 Å². The van der Waals surface area contributed by atoms with Crippen LogP contribution in [0.5, 0.6) is 0 Å². The van der Waals surface area contributed by atoms with Crippen molar-refractivity contribution in [2.45, 2.75) is 475 Å². The molecule has 0 aromatic rings. The quantitative estimate of drug-likeness (QED) is 0.0320. The van der Waals surface area contributed by atoms with Crippen LogP contribution in [0.25, 0.3) is 0 Å². The van der Waals surface area contributed by atoms with Gasteiger partial charge in [0.15, 0.2) is 0 Å². The number of unbranched alkanes of at least 4 members (excludes halogenated alkanes) is 65. The highest BCUT2D eigenvalue weighted by Gasteiger charge is 2.18. The molecule has 86 heavy (non-hydrogen) atoms. The van der Waals surface area contributed by atoms with E-state index in [2.05, 4.69) is 19.2 Å². The van der Waals surface area contributed by atoms with E-state index in [0.717, 1.165) is 38.5 Å². The molecule has 6 heteroatoms. The molecular weight excluding hydrogens is 1050 g/mol. The van der Waals surface area contributed by atoms with Gasteiger partial charge >= 0.3 is 5.97 Å². The smallest absolute Gasteiger partial charge is 0.305 e. The zero-order valence-electron chi connectivity index (χ0n) is 58.8. The maximum atomic E-state index is 12.6. The minimum atomic E-state index is -0.843. The topological polar surface area (TPSA) is 95.9 Å². The minimum Gasteiger partial charge on any atom is -0.466 e. The zero-order valence-corrected chi connectivity index (χ0v) is 58.8. The van der Waals surface area contributed by atoms with E-state index in [1.165, 1.54) is 398 Å². The van der Waals surface area contributed by atoms with Crippen molar-refractivity contribution >= 4 is 11.9 Å². The molecular formula is C80H157NO5. The van der Waals surface area contributed by atoms with Crippen molar-refractivity contribution in [2.24, 2.45) is 0 Å². The molecule has 0 aliphatic rings. The molecule has 0 heterocycles. The number of carbonyl (C=O) groups excluding carboxylic acids is 2. The second-order valence-corrected chi connectivity index (χ2v) is 27.8. The van der Waals surface area contributed by atoms with Crippen LogP contribution in [0.4, 0.5) is 0 Å². The Morgan fingerprint density at radius 2 is 0.535 bits per heavy atom. The van der Waals surface area contributed by atoms with E-state index in [0.29, 0.717) is 19.4 Å². The molecule has 0 aliphatic heterocycles. The van der Waals surface area contributed by atoms with Gasteiger partial charge in [0.1, 0.15) is 0 Å². The lowest BCUT2D eigenvalue weighted by atomic mass is 10.0. The van der Waals surface area contributed by atoms with Crippen LogP contribution < -0.4 is 5.32 Å². The Bertz CT molecular complexity index is 1300. The summed E-state index contributed by atoms with van der Waals surface area (Å²) in [4.78, 5) is 24.7. The summed E-state index contributed by atoms with van der Waals surface area (Å²) in [5.41, 5.74) is 0. The summed E-state index contributed by atoms with van der Waals surface area (Å²) in [5.74, 6) is -0.0342. The van der Waals surface area contributed by atoms with Crippen molar-refractivity contribution in [2.75, 3.05) is 13.2 Å². The number of rotatable bonds is 76. The summed E-state index contributed by atoms with van der Waals surface area (Å²) in [7, 11) is 0. The molecule has 0 spiro atoms. The van der Waals surface area contributed by atoms with Crippen LogP contribution >= 0.6 is 0 Å². The molecule has 0 aromatic heterocycles. The summed E-state index contributed by atoms with van der Waals surface area (Å²) in [5, 5.41) is 23.3. The first-order valence-corrected chi connectivity index (χ1v) is 40.0. The summed E-state index contributed by atoms with van der Waals surface area (Å²) in [6.07, 6.45) is 96.2. The van der Waals surface area contributed by atoms with Crippen molar-refractivity contribution in [1.29, 1.82) is 0 Å². The third kappa shape index (κ3) is 71.7. The van der Waals surface area contributed by atoms with E-state index >= 15 is 0 Å². The first kappa shape index (κ1) is 84.6. The molecule has 0 fully saturated rings. The van der Waals surface area contributed by atoms with Crippen LogP contribution in [-0.4, -0.2) is 47.4 Å². The lowest BCUT2D eigenvalue weighted by Crippen LogP contribution is -2.45. The standard InChI is InChI=1S/C80H157NO5/c1-3-5-7-9-11-13-15-17-19-21-22-23-31-34-37-41-44-48-52-56-60-64-68-72-78(83)77(76-82)81-79(84)73-69-65-61-57-53-49-45-42-38-35-32-29-27-25-24-26-28-30-33-36-39-43-47-51-55-59-63-67-71-75-86-80(85)74-70-66-62-58-54-50-46-40-20-18-16-14-12-10-8-6-4-2/h68,72,77-78,82-83H,3-67,69-71,73-76H2,1-2H3,(H,81,84)/b72-68+. The van der Waals surface area contributed by atoms with Gasteiger partial charge in [0.05, 0.1) is 25.4 Å². The Balaban J connectivity index is 3.35. The van der Waals surface area contributed by atoms with Gasteiger partial charge in [-0.25, -0.2) is 0 Å². The first-order valence-electron chi connectivity index (χ1n) is 40.0. The monoisotopic (exact) mass is 1210 g/mol. The van der Waals surface area contributed by atoms with Gasteiger partial charge in [0.25, 0.3) is 0 Å². The third-order valence-corrected chi connectivity index (χ3v) is 19.1. The molecule has 2 unspecified atom stereocenters. The zero-order chi connectivity index (χ0) is 62.0. The SMILES string of the molecule is CCCCCCCCCCCCCCCCCCCCCCC/C=C/C(O)C(CO)NC(=O)CCCCCCCCCCCCCCCCCCCCCCCCCCCCCCCOC(=O)CCCCCCCCCCCCCCCCCCC. The molecule has 0 rings (SSSR count). The molecule has 0 radical (unpaired) electrons. The fourth-order valence-electron chi connectivity index (χ4n) is 13.0. The maximum Gasteiger partial charge on any atom is 0.305 e. The predicted molar refractivity (Wildman–Crippen MR) is 380 cm³/mol. The highest BCUT2D eigenvalue weighted by atomic mass is 16.5. The molecule has 0 aromatic carbocycles. The van der Waals surface area contributed by atoms with Crippen LogP contribution in [0.3, 0.4) is 0 Å². The summed E-state index contributed by atoms with van der Waals surface area (Å²) in [6, 6.07) is -0.626. The van der Waals surface area contributed by atoms with E-state index in [4.69, 9.17) is 4.74 Å². The van der Waals surface area contributed by atoms with Gasteiger partial charge in [-0.2, -0.15) is 0 Å². The molecule has 0 aliphatic carbocycles. The van der Waals surface area contributed by atoms with Gasteiger partial charge in [-0.15, -0.1) is 0 Å². The number of carbonyl (C=O) groups is 2.